The number of urea groups is 1. The zero-order chi connectivity index (χ0) is 14.5. The third-order valence-electron chi connectivity index (χ3n) is 2.44. The van der Waals surface area contributed by atoms with Gasteiger partial charge in [-0.2, -0.15) is 0 Å². The second-order valence-electron chi connectivity index (χ2n) is 3.96. The summed E-state index contributed by atoms with van der Waals surface area (Å²) < 4.78 is 0. The first kappa shape index (κ1) is 14.5. The van der Waals surface area contributed by atoms with Gasteiger partial charge in [0.05, 0.1) is 11.6 Å². The summed E-state index contributed by atoms with van der Waals surface area (Å²) in [7, 11) is 0. The number of carboxylic acid groups (broad SMARTS) is 1. The monoisotopic (exact) mass is 311 g/mol. The number of nitrogens with one attached hydrogen (secondary N) is 2. The molecule has 1 unspecified atom stereocenters. The Morgan fingerprint density at radius 3 is 2.85 bits per heavy atom. The lowest BCUT2D eigenvalue weighted by molar-refractivity contribution is -0.139. The number of hydrogen-bond acceptors (Lipinski definition) is 5. The highest BCUT2D eigenvalue weighted by Gasteiger charge is 2.22. The molecular weight excluding hydrogens is 298 g/mol. The molecule has 0 aromatic carbocycles. The van der Waals surface area contributed by atoms with Gasteiger partial charge in [0.1, 0.15) is 0 Å². The van der Waals surface area contributed by atoms with Gasteiger partial charge in [-0.05, 0) is 18.4 Å². The highest BCUT2D eigenvalue weighted by Crippen LogP contribution is 2.19. The Labute approximate surface area is 123 Å². The van der Waals surface area contributed by atoms with Crippen LogP contribution in [0.15, 0.2) is 23.7 Å². The third kappa shape index (κ3) is 3.78. The molecule has 0 aliphatic carbocycles. The summed E-state index contributed by atoms with van der Waals surface area (Å²) in [5.74, 6) is -1.09. The van der Waals surface area contributed by atoms with E-state index in [0.29, 0.717) is 11.4 Å². The first-order valence-corrected chi connectivity index (χ1v) is 7.48. The zero-order valence-electron chi connectivity index (χ0n) is 10.6. The van der Waals surface area contributed by atoms with Crippen molar-refractivity contribution in [3.8, 4) is 0 Å². The van der Waals surface area contributed by atoms with Crippen molar-refractivity contribution >= 4 is 34.7 Å². The van der Waals surface area contributed by atoms with Crippen molar-refractivity contribution in [2.75, 3.05) is 0 Å². The summed E-state index contributed by atoms with van der Waals surface area (Å²) in [5, 5.41) is 16.9. The van der Waals surface area contributed by atoms with Crippen LogP contribution in [0, 0.1) is 6.92 Å². The van der Waals surface area contributed by atoms with Crippen LogP contribution >= 0.6 is 22.7 Å². The highest BCUT2D eigenvalue weighted by atomic mass is 32.1. The van der Waals surface area contributed by atoms with Gasteiger partial charge in [0.2, 0.25) is 0 Å². The highest BCUT2D eigenvalue weighted by molar-refractivity contribution is 7.11. The molecule has 0 saturated heterocycles. The number of rotatable bonds is 5. The van der Waals surface area contributed by atoms with Gasteiger partial charge in [-0.3, -0.25) is 0 Å². The van der Waals surface area contributed by atoms with Crippen LogP contribution in [0.1, 0.15) is 20.8 Å². The smallest absolute Gasteiger partial charge is 0.331 e. The van der Waals surface area contributed by atoms with Gasteiger partial charge in [0.25, 0.3) is 0 Å². The fraction of sp³-hybridized carbons (Fsp3) is 0.250. The number of hydrogen-bond donors (Lipinski definition) is 3. The minimum Gasteiger partial charge on any atom is -0.479 e. The van der Waals surface area contributed by atoms with E-state index in [2.05, 4.69) is 15.6 Å². The molecule has 2 aromatic rings. The van der Waals surface area contributed by atoms with Gasteiger partial charge in [-0.1, -0.05) is 6.07 Å². The average molecular weight is 311 g/mol. The molecule has 0 bridgehead atoms. The molecule has 106 valence electrons. The predicted molar refractivity (Wildman–Crippen MR) is 76.9 cm³/mol. The summed E-state index contributed by atoms with van der Waals surface area (Å²) in [6.45, 7) is 2.21. The zero-order valence-corrected chi connectivity index (χ0v) is 12.3. The van der Waals surface area contributed by atoms with Crippen molar-refractivity contribution in [1.82, 2.24) is 15.6 Å². The Morgan fingerprint density at radius 2 is 2.30 bits per heavy atom. The van der Waals surface area contributed by atoms with Gasteiger partial charge in [-0.25, -0.2) is 14.6 Å². The minimum atomic E-state index is -1.09. The van der Waals surface area contributed by atoms with Gasteiger partial charge < -0.3 is 15.7 Å². The molecule has 8 heteroatoms. The molecule has 0 radical (unpaired) electrons. The molecule has 2 heterocycles. The summed E-state index contributed by atoms with van der Waals surface area (Å²) in [6.07, 6.45) is 1.69. The van der Waals surface area contributed by atoms with Crippen LogP contribution in [0.2, 0.25) is 0 Å². The maximum Gasteiger partial charge on any atom is 0.331 e. The number of aryl methyl sites for hydroxylation is 1. The maximum absolute atomic E-state index is 11.7. The van der Waals surface area contributed by atoms with E-state index in [1.54, 1.807) is 23.7 Å². The van der Waals surface area contributed by atoms with Crippen LogP contribution in [0.4, 0.5) is 4.79 Å². The Kier molecular flexibility index (Phi) is 4.70. The normalized spacial score (nSPS) is 11.8. The van der Waals surface area contributed by atoms with Crippen molar-refractivity contribution in [3.63, 3.8) is 0 Å². The molecule has 2 rings (SSSR count). The van der Waals surface area contributed by atoms with Crippen molar-refractivity contribution in [2.45, 2.75) is 19.5 Å². The number of carbonyl (C=O) groups is 2. The number of thiophene rings is 1. The topological polar surface area (TPSA) is 91.3 Å². The van der Waals surface area contributed by atoms with Crippen LogP contribution in [0.5, 0.6) is 0 Å². The van der Waals surface area contributed by atoms with Crippen LogP contribution in [0.3, 0.4) is 0 Å². The molecule has 6 nitrogen and oxygen atoms in total. The first-order chi connectivity index (χ1) is 9.56. The largest absolute Gasteiger partial charge is 0.479 e. The fourth-order valence-corrected chi connectivity index (χ4v) is 3.05. The SMILES string of the molecule is Cc1ncc(CNC(=O)NC(C(=O)O)c2cccs2)s1. The van der Waals surface area contributed by atoms with Gasteiger partial charge in [0.15, 0.2) is 6.04 Å². The quantitative estimate of drug-likeness (QED) is 0.789. The van der Waals surface area contributed by atoms with Crippen LogP contribution < -0.4 is 10.6 Å². The van der Waals surface area contributed by atoms with E-state index in [1.165, 1.54) is 22.7 Å². The minimum absolute atomic E-state index is 0.327. The van der Waals surface area contributed by atoms with E-state index >= 15 is 0 Å². The van der Waals surface area contributed by atoms with E-state index in [0.717, 1.165) is 9.88 Å². The number of carboxylic acids is 1. The second-order valence-corrected chi connectivity index (χ2v) is 6.26. The molecule has 0 aliphatic rings. The molecule has 0 saturated carbocycles. The average Bonchev–Trinajstić information content (AvgIpc) is 3.04. The number of aliphatic carboxylic acids is 1. The molecule has 2 amide bonds. The molecule has 3 N–H and O–H groups in total. The van der Waals surface area contributed by atoms with Crippen molar-refractivity contribution in [2.24, 2.45) is 0 Å². The number of amides is 2. The Bertz CT molecular complexity index is 595. The van der Waals surface area contributed by atoms with Gasteiger partial charge >= 0.3 is 12.0 Å². The van der Waals surface area contributed by atoms with E-state index in [-0.39, 0.29) is 0 Å². The molecule has 0 fully saturated rings. The second kappa shape index (κ2) is 6.49. The number of nitrogens with zero attached hydrogens (tertiary/aromatic N) is 1. The molecule has 1 atom stereocenters. The summed E-state index contributed by atoms with van der Waals surface area (Å²) in [4.78, 5) is 28.5. The van der Waals surface area contributed by atoms with Gasteiger partial charge in [0, 0.05) is 16.0 Å². The van der Waals surface area contributed by atoms with Crippen LogP contribution in [-0.4, -0.2) is 22.1 Å². The number of carbonyl (C=O) groups excluding carboxylic acids is 1. The van der Waals surface area contributed by atoms with Crippen LogP contribution in [0.25, 0.3) is 0 Å². The lowest BCUT2D eigenvalue weighted by Gasteiger charge is -2.13. The molecule has 0 aliphatic heterocycles. The van der Waals surface area contributed by atoms with Crippen molar-refractivity contribution in [1.29, 1.82) is 0 Å². The van der Waals surface area contributed by atoms with Crippen LogP contribution in [-0.2, 0) is 11.3 Å². The van der Waals surface area contributed by atoms with E-state index in [9.17, 15) is 9.59 Å². The van der Waals surface area contributed by atoms with E-state index in [4.69, 9.17) is 5.11 Å². The molecule has 2 aromatic heterocycles. The summed E-state index contributed by atoms with van der Waals surface area (Å²) in [5.41, 5.74) is 0. The van der Waals surface area contributed by atoms with E-state index < -0.39 is 18.0 Å². The number of thiazole rings is 1. The Morgan fingerprint density at radius 1 is 1.50 bits per heavy atom. The molecule has 0 spiro atoms. The summed E-state index contributed by atoms with van der Waals surface area (Å²) in [6, 6.07) is 1.88. The Balaban J connectivity index is 1.90. The predicted octanol–water partition coefficient (Wildman–Crippen LogP) is 2.14. The lowest BCUT2D eigenvalue weighted by Crippen LogP contribution is -2.40. The van der Waals surface area contributed by atoms with E-state index in [1.807, 2.05) is 6.92 Å². The maximum atomic E-state index is 11.7. The molecule has 20 heavy (non-hydrogen) atoms. The standard InChI is InChI=1S/C12H13N3O3S2/c1-7-13-5-8(20-7)6-14-12(18)15-10(11(16)17)9-3-2-4-19-9/h2-5,10H,6H2,1H3,(H,16,17)(H2,14,15,18). The van der Waals surface area contributed by atoms with Crippen molar-refractivity contribution in [3.05, 3.63) is 38.5 Å². The van der Waals surface area contributed by atoms with Gasteiger partial charge in [-0.15, -0.1) is 22.7 Å². The third-order valence-corrected chi connectivity index (χ3v) is 4.29. The first-order valence-electron chi connectivity index (χ1n) is 5.78. The van der Waals surface area contributed by atoms with Crippen molar-refractivity contribution < 1.29 is 14.7 Å². The Hall–Kier alpha value is -1.93. The summed E-state index contributed by atoms with van der Waals surface area (Å²) >= 11 is 2.77. The molecular formula is C12H13N3O3S2. The number of aromatic nitrogens is 1. The lowest BCUT2D eigenvalue weighted by atomic mass is 10.2. The fourth-order valence-electron chi connectivity index (χ4n) is 1.55.